The standard InChI is InChI=1S/C7H8N4OS/c8-11-3-5(7(12)10-11)1-6-2-9-4-13-6/h1-2,4H,3,8H2,(H,10,12). The molecule has 0 saturated carbocycles. The molecule has 1 aliphatic heterocycles. The van der Waals surface area contributed by atoms with Gasteiger partial charge in [-0.05, 0) is 6.08 Å². The Bertz CT molecular complexity index is 345. The molecule has 1 amide bonds. The molecule has 0 unspecified atom stereocenters. The number of aromatic nitrogens is 1. The average Bonchev–Trinajstić information content (AvgIpc) is 2.63. The predicted molar refractivity (Wildman–Crippen MR) is 49.1 cm³/mol. The molecule has 0 radical (unpaired) electrons. The number of nitrogens with two attached hydrogens (primary N) is 1. The third kappa shape index (κ3) is 1.74. The zero-order valence-corrected chi connectivity index (χ0v) is 7.54. The van der Waals surface area contributed by atoms with Gasteiger partial charge in [-0.3, -0.25) is 21.0 Å². The molecule has 6 heteroatoms. The molecule has 2 rings (SSSR count). The maximum atomic E-state index is 11.2. The van der Waals surface area contributed by atoms with Crippen LogP contribution in [0.1, 0.15) is 4.88 Å². The monoisotopic (exact) mass is 196 g/mol. The lowest BCUT2D eigenvalue weighted by molar-refractivity contribution is -0.118. The summed E-state index contributed by atoms with van der Waals surface area (Å²) in [5, 5.41) is 1.26. The number of hydrogen-bond donors (Lipinski definition) is 2. The van der Waals surface area contributed by atoms with Crippen molar-refractivity contribution >= 4 is 23.3 Å². The van der Waals surface area contributed by atoms with Crippen molar-refractivity contribution in [2.45, 2.75) is 0 Å². The third-order valence-corrected chi connectivity index (χ3v) is 2.37. The Morgan fingerprint density at radius 2 is 2.62 bits per heavy atom. The van der Waals surface area contributed by atoms with Crippen LogP contribution in [0.3, 0.4) is 0 Å². The van der Waals surface area contributed by atoms with Gasteiger partial charge in [0.25, 0.3) is 5.91 Å². The molecule has 0 aromatic carbocycles. The van der Waals surface area contributed by atoms with E-state index in [2.05, 4.69) is 10.4 Å². The summed E-state index contributed by atoms with van der Waals surface area (Å²) in [6.45, 7) is 0.427. The topological polar surface area (TPSA) is 71.2 Å². The minimum absolute atomic E-state index is 0.143. The van der Waals surface area contributed by atoms with E-state index in [1.54, 1.807) is 17.8 Å². The second-order valence-corrected chi connectivity index (χ2v) is 3.56. The van der Waals surface area contributed by atoms with Gasteiger partial charge in [0.1, 0.15) is 0 Å². The highest BCUT2D eigenvalue weighted by Gasteiger charge is 2.21. The van der Waals surface area contributed by atoms with E-state index >= 15 is 0 Å². The Labute approximate surface area is 78.8 Å². The average molecular weight is 196 g/mol. The fourth-order valence-electron chi connectivity index (χ4n) is 1.08. The molecule has 3 N–H and O–H groups in total. The van der Waals surface area contributed by atoms with Gasteiger partial charge in [0, 0.05) is 16.6 Å². The molecule has 68 valence electrons. The molecular weight excluding hydrogens is 188 g/mol. The fourth-order valence-corrected chi connectivity index (χ4v) is 1.65. The molecule has 0 bridgehead atoms. The van der Waals surface area contributed by atoms with Gasteiger partial charge >= 0.3 is 0 Å². The maximum absolute atomic E-state index is 11.2. The molecule has 1 aromatic heterocycles. The normalized spacial score (nSPS) is 21.0. The zero-order valence-electron chi connectivity index (χ0n) is 6.73. The van der Waals surface area contributed by atoms with E-state index in [0.29, 0.717) is 12.1 Å². The van der Waals surface area contributed by atoms with Crippen molar-refractivity contribution in [3.63, 3.8) is 0 Å². The maximum Gasteiger partial charge on any atom is 0.264 e. The van der Waals surface area contributed by atoms with Crippen LogP contribution >= 0.6 is 11.3 Å². The van der Waals surface area contributed by atoms with Crippen LogP contribution in [-0.4, -0.2) is 22.6 Å². The quantitative estimate of drug-likeness (QED) is 0.480. The predicted octanol–water partition coefficient (Wildman–Crippen LogP) is -0.253. The van der Waals surface area contributed by atoms with Crippen LogP contribution in [0, 0.1) is 0 Å². The van der Waals surface area contributed by atoms with Crippen molar-refractivity contribution in [2.75, 3.05) is 6.54 Å². The van der Waals surface area contributed by atoms with Gasteiger partial charge < -0.3 is 0 Å². The first-order chi connectivity index (χ1) is 6.25. The Kier molecular flexibility index (Phi) is 2.09. The minimum Gasteiger partial charge on any atom is -0.271 e. The molecule has 5 nitrogen and oxygen atoms in total. The van der Waals surface area contributed by atoms with E-state index in [1.807, 2.05) is 0 Å². The van der Waals surface area contributed by atoms with Crippen molar-refractivity contribution in [3.8, 4) is 0 Å². The number of carbonyl (C=O) groups excluding carboxylic acids is 1. The number of thiazole rings is 1. The van der Waals surface area contributed by atoms with Crippen LogP contribution in [0.4, 0.5) is 0 Å². The summed E-state index contributed by atoms with van der Waals surface area (Å²) in [6, 6.07) is 0. The molecule has 1 fully saturated rings. The van der Waals surface area contributed by atoms with E-state index in [0.717, 1.165) is 4.88 Å². The summed E-state index contributed by atoms with van der Waals surface area (Å²) >= 11 is 1.49. The number of nitrogens with one attached hydrogen (secondary N) is 1. The van der Waals surface area contributed by atoms with Gasteiger partial charge in [0.05, 0.1) is 12.1 Å². The van der Waals surface area contributed by atoms with Gasteiger partial charge in [-0.15, -0.1) is 11.3 Å². The molecule has 0 spiro atoms. The summed E-state index contributed by atoms with van der Waals surface area (Å²) in [5.74, 6) is 5.25. The summed E-state index contributed by atoms with van der Waals surface area (Å²) in [7, 11) is 0. The Morgan fingerprint density at radius 1 is 1.77 bits per heavy atom. The number of hydrazine groups is 2. The minimum atomic E-state index is -0.143. The van der Waals surface area contributed by atoms with Gasteiger partial charge in [0.15, 0.2) is 0 Å². The summed E-state index contributed by atoms with van der Waals surface area (Å²) in [5.41, 5.74) is 4.85. The van der Waals surface area contributed by atoms with E-state index in [-0.39, 0.29) is 5.91 Å². The summed E-state index contributed by atoms with van der Waals surface area (Å²) < 4.78 is 0. The second kappa shape index (κ2) is 3.25. The fraction of sp³-hybridized carbons (Fsp3) is 0.143. The largest absolute Gasteiger partial charge is 0.271 e. The molecular formula is C7H8N4OS. The van der Waals surface area contributed by atoms with Crippen molar-refractivity contribution in [1.29, 1.82) is 0 Å². The lowest BCUT2D eigenvalue weighted by Gasteiger charge is -2.02. The van der Waals surface area contributed by atoms with Crippen LogP contribution in [0.2, 0.25) is 0 Å². The number of amides is 1. The van der Waals surface area contributed by atoms with E-state index < -0.39 is 0 Å². The molecule has 1 aromatic rings. The smallest absolute Gasteiger partial charge is 0.264 e. The number of rotatable bonds is 1. The van der Waals surface area contributed by atoms with Gasteiger partial charge in [-0.25, -0.2) is 0 Å². The van der Waals surface area contributed by atoms with Crippen LogP contribution < -0.4 is 11.3 Å². The molecule has 2 heterocycles. The first-order valence-corrected chi connectivity index (χ1v) is 4.56. The van der Waals surface area contributed by atoms with Crippen LogP contribution in [-0.2, 0) is 4.79 Å². The molecule has 1 aliphatic rings. The molecule has 0 aliphatic carbocycles. The molecule has 13 heavy (non-hydrogen) atoms. The SMILES string of the molecule is NN1CC(=Cc2cncs2)C(=O)N1. The first kappa shape index (κ1) is 8.36. The van der Waals surface area contributed by atoms with Gasteiger partial charge in [0.2, 0.25) is 0 Å². The van der Waals surface area contributed by atoms with Crippen molar-refractivity contribution in [1.82, 2.24) is 15.5 Å². The van der Waals surface area contributed by atoms with Crippen molar-refractivity contribution in [3.05, 3.63) is 22.2 Å². The van der Waals surface area contributed by atoms with E-state index in [4.69, 9.17) is 5.84 Å². The third-order valence-electron chi connectivity index (χ3n) is 1.65. The highest BCUT2D eigenvalue weighted by atomic mass is 32.1. The highest BCUT2D eigenvalue weighted by molar-refractivity contribution is 7.10. The van der Waals surface area contributed by atoms with Crippen LogP contribution in [0.25, 0.3) is 6.08 Å². The lowest BCUT2D eigenvalue weighted by Crippen LogP contribution is -2.38. The lowest BCUT2D eigenvalue weighted by atomic mass is 10.2. The number of carbonyl (C=O) groups is 1. The van der Waals surface area contributed by atoms with E-state index in [1.165, 1.54) is 16.5 Å². The van der Waals surface area contributed by atoms with Gasteiger partial charge in [-0.1, -0.05) is 0 Å². The van der Waals surface area contributed by atoms with Crippen molar-refractivity contribution < 1.29 is 4.79 Å². The Balaban J connectivity index is 2.22. The number of hydrogen-bond acceptors (Lipinski definition) is 5. The summed E-state index contributed by atoms with van der Waals surface area (Å²) in [4.78, 5) is 16.1. The zero-order chi connectivity index (χ0) is 9.26. The van der Waals surface area contributed by atoms with Crippen molar-refractivity contribution in [2.24, 2.45) is 5.84 Å². The number of nitrogens with zero attached hydrogens (tertiary/aromatic N) is 2. The Morgan fingerprint density at radius 3 is 3.15 bits per heavy atom. The van der Waals surface area contributed by atoms with Gasteiger partial charge in [-0.2, -0.15) is 5.12 Å². The van der Waals surface area contributed by atoms with Crippen LogP contribution in [0.5, 0.6) is 0 Å². The summed E-state index contributed by atoms with van der Waals surface area (Å²) in [6.07, 6.45) is 3.50. The molecule has 1 saturated heterocycles. The van der Waals surface area contributed by atoms with Crippen LogP contribution in [0.15, 0.2) is 17.3 Å². The molecule has 0 atom stereocenters. The Hall–Kier alpha value is -1.24. The second-order valence-electron chi connectivity index (χ2n) is 2.64. The highest BCUT2D eigenvalue weighted by Crippen LogP contribution is 2.13. The van der Waals surface area contributed by atoms with E-state index in [9.17, 15) is 4.79 Å². The first-order valence-electron chi connectivity index (χ1n) is 3.68.